The molecule has 5 heteroatoms. The third kappa shape index (κ3) is 4.38. The molecule has 204 valence electrons. The third-order valence-electron chi connectivity index (χ3n) is 8.00. The van der Waals surface area contributed by atoms with Crippen molar-refractivity contribution in [1.82, 2.24) is 9.55 Å². The lowest BCUT2D eigenvalue weighted by Gasteiger charge is -2.22. The van der Waals surface area contributed by atoms with Crippen molar-refractivity contribution in [2.45, 2.75) is 33.1 Å². The lowest BCUT2D eigenvalue weighted by Crippen LogP contribution is -2.24. The summed E-state index contributed by atoms with van der Waals surface area (Å²) >= 11 is 0. The minimum Gasteiger partial charge on any atom is -0.457 e. The molecule has 0 radical (unpaired) electrons. The molecule has 4 aromatic carbocycles. The number of hydrogen-bond acceptors (Lipinski definition) is 4. The highest BCUT2D eigenvalue weighted by Crippen LogP contribution is 2.43. The first-order chi connectivity index (χ1) is 19.8. The van der Waals surface area contributed by atoms with E-state index >= 15 is 0 Å². The molecule has 0 aliphatic carbocycles. The van der Waals surface area contributed by atoms with E-state index < -0.39 is 0 Å². The molecule has 5 nitrogen and oxygen atoms in total. The summed E-state index contributed by atoms with van der Waals surface area (Å²) in [7, 11) is 2.16. The highest BCUT2D eigenvalue weighted by atomic mass is 16.5. The summed E-state index contributed by atoms with van der Waals surface area (Å²) in [4.78, 5) is 9.34. The van der Waals surface area contributed by atoms with Crippen LogP contribution in [0.4, 0.5) is 17.1 Å². The summed E-state index contributed by atoms with van der Waals surface area (Å²) in [6, 6.07) is 34.1. The number of anilines is 3. The second kappa shape index (κ2) is 9.41. The van der Waals surface area contributed by atoms with E-state index in [0.29, 0.717) is 0 Å². The topological polar surface area (TPSA) is 33.5 Å². The van der Waals surface area contributed by atoms with Crippen LogP contribution in [0.2, 0.25) is 0 Å². The van der Waals surface area contributed by atoms with Gasteiger partial charge in [0.1, 0.15) is 17.3 Å². The summed E-state index contributed by atoms with van der Waals surface area (Å²) in [6.07, 6.45) is 1.84. The highest BCUT2D eigenvalue weighted by molar-refractivity contribution is 6.09. The number of pyridine rings is 1. The number of rotatable bonds is 4. The Bertz CT molecular complexity index is 1920. The molecular weight excluding hydrogens is 504 g/mol. The zero-order chi connectivity index (χ0) is 28.3. The van der Waals surface area contributed by atoms with Gasteiger partial charge >= 0.3 is 0 Å². The van der Waals surface area contributed by atoms with Gasteiger partial charge in [-0.3, -0.25) is 4.57 Å². The smallest absolute Gasteiger partial charge is 0.137 e. The quantitative estimate of drug-likeness (QED) is 0.224. The van der Waals surface area contributed by atoms with Gasteiger partial charge in [0.2, 0.25) is 0 Å². The summed E-state index contributed by atoms with van der Waals surface area (Å²) in [5.74, 6) is 2.50. The summed E-state index contributed by atoms with van der Waals surface area (Å²) in [6.45, 7) is 9.71. The van der Waals surface area contributed by atoms with Crippen LogP contribution < -0.4 is 14.5 Å². The Morgan fingerprint density at radius 1 is 0.732 bits per heavy atom. The Kier molecular flexibility index (Phi) is 5.79. The number of para-hydroxylation sites is 1. The van der Waals surface area contributed by atoms with Crippen LogP contribution in [0.25, 0.3) is 27.6 Å². The number of ether oxygens (including phenoxy) is 1. The molecule has 1 aliphatic heterocycles. The highest BCUT2D eigenvalue weighted by Gasteiger charge is 2.27. The Balaban J connectivity index is 1.27. The minimum atomic E-state index is 0.108. The Labute approximate surface area is 241 Å². The fraction of sp³-hybridized carbons (Fsp3) is 0.194. The van der Waals surface area contributed by atoms with E-state index in [0.717, 1.165) is 46.3 Å². The molecule has 0 saturated carbocycles. The van der Waals surface area contributed by atoms with Crippen molar-refractivity contribution in [2.24, 2.45) is 0 Å². The molecule has 0 unspecified atom stereocenters. The molecule has 0 spiro atoms. The molecular formula is C36H34N4O. The molecule has 0 saturated heterocycles. The van der Waals surface area contributed by atoms with Crippen molar-refractivity contribution in [2.75, 3.05) is 23.5 Å². The molecule has 3 heterocycles. The molecule has 2 aromatic heterocycles. The second-order valence-electron chi connectivity index (χ2n) is 12.0. The van der Waals surface area contributed by atoms with E-state index in [2.05, 4.69) is 133 Å². The maximum Gasteiger partial charge on any atom is 0.137 e. The normalized spacial score (nSPS) is 13.3. The van der Waals surface area contributed by atoms with E-state index in [1.54, 1.807) is 0 Å². The first kappa shape index (κ1) is 25.2. The van der Waals surface area contributed by atoms with Crippen molar-refractivity contribution >= 4 is 38.9 Å². The molecule has 6 aromatic rings. The van der Waals surface area contributed by atoms with Gasteiger partial charge in [0, 0.05) is 41.8 Å². The van der Waals surface area contributed by atoms with E-state index in [9.17, 15) is 0 Å². The molecule has 0 fully saturated rings. The van der Waals surface area contributed by atoms with Crippen molar-refractivity contribution in [3.8, 4) is 17.3 Å². The average molecular weight is 539 g/mol. The molecule has 7 rings (SSSR count). The summed E-state index contributed by atoms with van der Waals surface area (Å²) in [5, 5.41) is 2.37. The zero-order valence-corrected chi connectivity index (χ0v) is 24.2. The van der Waals surface area contributed by atoms with E-state index in [4.69, 9.17) is 4.74 Å². The van der Waals surface area contributed by atoms with Crippen molar-refractivity contribution in [3.63, 3.8) is 0 Å². The molecule has 0 amide bonds. The van der Waals surface area contributed by atoms with Gasteiger partial charge in [-0.1, -0.05) is 51.1 Å². The first-order valence-electron chi connectivity index (χ1n) is 14.1. The Hall–Kier alpha value is -4.77. The number of aromatic nitrogens is 2. The summed E-state index contributed by atoms with van der Waals surface area (Å²) in [5.41, 5.74) is 8.41. The number of nitrogens with zero attached hydrogens (tertiary/aromatic N) is 4. The fourth-order valence-electron chi connectivity index (χ4n) is 5.94. The van der Waals surface area contributed by atoms with Gasteiger partial charge in [0.25, 0.3) is 0 Å². The monoisotopic (exact) mass is 538 g/mol. The van der Waals surface area contributed by atoms with Crippen LogP contribution in [0.3, 0.4) is 0 Å². The van der Waals surface area contributed by atoms with Crippen molar-refractivity contribution in [1.29, 1.82) is 0 Å². The maximum absolute atomic E-state index is 6.56. The van der Waals surface area contributed by atoms with Gasteiger partial charge in [-0.05, 0) is 78.1 Å². The fourth-order valence-corrected chi connectivity index (χ4v) is 5.94. The van der Waals surface area contributed by atoms with Crippen LogP contribution in [-0.2, 0) is 5.41 Å². The molecule has 0 atom stereocenters. The van der Waals surface area contributed by atoms with Gasteiger partial charge in [-0.2, -0.15) is 0 Å². The van der Waals surface area contributed by atoms with Gasteiger partial charge in [-0.25, -0.2) is 4.98 Å². The maximum atomic E-state index is 6.56. The van der Waals surface area contributed by atoms with E-state index in [-0.39, 0.29) is 5.41 Å². The SMILES string of the molecule is Cc1cc(Oc2ccc3c4ccccc4n(-c4ccccn4)c3c2)cc(N2CN(C)c3cc(C(C)(C)C)ccc32)c1. The van der Waals surface area contributed by atoms with Gasteiger partial charge < -0.3 is 14.5 Å². The standard InChI is InChI=1S/C36H34N4O/c1-24-18-26(39-23-38(5)34-20-25(36(2,3)4)13-16-32(34)39)21-28(19-24)41-27-14-15-30-29-10-6-7-11-31(29)40(33(30)22-27)35-12-8-9-17-37-35/h6-22H,23H2,1-5H3. The van der Waals surface area contributed by atoms with Crippen molar-refractivity contribution in [3.05, 3.63) is 114 Å². The van der Waals surface area contributed by atoms with Crippen LogP contribution in [0.5, 0.6) is 11.5 Å². The van der Waals surface area contributed by atoms with Crippen LogP contribution >= 0.6 is 0 Å². The molecule has 0 N–H and O–H groups in total. The number of hydrogen-bond donors (Lipinski definition) is 0. The molecule has 41 heavy (non-hydrogen) atoms. The largest absolute Gasteiger partial charge is 0.457 e. The second-order valence-corrected chi connectivity index (χ2v) is 12.0. The Morgan fingerprint density at radius 2 is 1.54 bits per heavy atom. The summed E-state index contributed by atoms with van der Waals surface area (Å²) < 4.78 is 8.77. The lowest BCUT2D eigenvalue weighted by atomic mass is 9.86. The predicted molar refractivity (Wildman–Crippen MR) is 170 cm³/mol. The van der Waals surface area contributed by atoms with Gasteiger partial charge in [0.15, 0.2) is 0 Å². The minimum absolute atomic E-state index is 0.108. The number of fused-ring (bicyclic) bond motifs is 4. The number of benzene rings is 4. The van der Waals surface area contributed by atoms with Crippen LogP contribution in [0, 0.1) is 6.92 Å². The Morgan fingerprint density at radius 3 is 2.34 bits per heavy atom. The van der Waals surface area contributed by atoms with Crippen LogP contribution in [-0.4, -0.2) is 23.3 Å². The predicted octanol–water partition coefficient (Wildman–Crippen LogP) is 9.12. The van der Waals surface area contributed by atoms with Crippen molar-refractivity contribution < 1.29 is 4.74 Å². The number of aryl methyl sites for hydroxylation is 1. The van der Waals surface area contributed by atoms with Gasteiger partial charge in [0.05, 0.1) is 29.1 Å². The molecule has 0 bridgehead atoms. The molecule has 1 aliphatic rings. The third-order valence-corrected chi connectivity index (χ3v) is 8.00. The average Bonchev–Trinajstić information content (AvgIpc) is 3.47. The first-order valence-corrected chi connectivity index (χ1v) is 14.1. The van der Waals surface area contributed by atoms with E-state index in [1.165, 1.54) is 27.7 Å². The van der Waals surface area contributed by atoms with Crippen LogP contribution in [0.1, 0.15) is 31.9 Å². The zero-order valence-electron chi connectivity index (χ0n) is 24.2. The van der Waals surface area contributed by atoms with E-state index in [1.807, 2.05) is 24.4 Å². The lowest BCUT2D eigenvalue weighted by molar-refractivity contribution is 0.483. The van der Waals surface area contributed by atoms with Gasteiger partial charge in [-0.15, -0.1) is 0 Å². The van der Waals surface area contributed by atoms with Crippen LogP contribution in [0.15, 0.2) is 103 Å².